The molecule has 0 radical (unpaired) electrons. The molecule has 4 aromatic carbocycles. The summed E-state index contributed by atoms with van der Waals surface area (Å²) in [7, 11) is 0. The van der Waals surface area contributed by atoms with E-state index in [-0.39, 0.29) is 24.7 Å². The van der Waals surface area contributed by atoms with Crippen molar-refractivity contribution in [1.29, 1.82) is 0 Å². The fourth-order valence-electron chi connectivity index (χ4n) is 6.28. The molecule has 2 saturated heterocycles. The fraction of sp³-hybridized carbons (Fsp3) is 0.314. The third-order valence-corrected chi connectivity index (χ3v) is 8.91. The van der Waals surface area contributed by atoms with E-state index in [0.717, 1.165) is 40.9 Å². The summed E-state index contributed by atoms with van der Waals surface area (Å²) in [5, 5.41) is 21.8. The van der Waals surface area contributed by atoms with Crippen molar-refractivity contribution in [2.45, 2.75) is 49.5 Å². The maximum absolute atomic E-state index is 11.5. The molecule has 6 nitrogen and oxygen atoms in total. The van der Waals surface area contributed by atoms with Crippen LogP contribution in [-0.4, -0.2) is 40.9 Å². The van der Waals surface area contributed by atoms with Gasteiger partial charge >= 0.3 is 0 Å². The minimum Gasteiger partial charge on any atom is -0.399 e. The average Bonchev–Trinajstić information content (AvgIpc) is 3.02. The van der Waals surface area contributed by atoms with E-state index < -0.39 is 11.9 Å². The molecule has 2 aliphatic heterocycles. The minimum absolute atomic E-state index is 0.0110. The number of aliphatic hydroxyl groups excluding tert-OH is 1. The van der Waals surface area contributed by atoms with Gasteiger partial charge in [-0.3, -0.25) is 0 Å². The number of likely N-dealkylation sites (tertiary alicyclic amines) is 1. The van der Waals surface area contributed by atoms with Gasteiger partial charge in [0.25, 0.3) is 0 Å². The number of benzene rings is 4. The zero-order chi connectivity index (χ0) is 29.1. The molecule has 2 aliphatic rings. The van der Waals surface area contributed by atoms with Crippen molar-refractivity contribution in [2.24, 2.45) is 0 Å². The van der Waals surface area contributed by atoms with Crippen molar-refractivity contribution in [2.75, 3.05) is 25.4 Å². The third-order valence-electron chi connectivity index (χ3n) is 8.66. The minimum atomic E-state index is -0.877. The number of aliphatic hydroxyl groups is 2. The topological polar surface area (TPSA) is 88.2 Å². The van der Waals surface area contributed by atoms with Gasteiger partial charge in [0.05, 0.1) is 24.4 Å². The molecule has 0 aromatic heterocycles. The van der Waals surface area contributed by atoms with Gasteiger partial charge in [0.15, 0.2) is 6.29 Å². The highest BCUT2D eigenvalue weighted by Crippen LogP contribution is 2.47. The summed E-state index contributed by atoms with van der Waals surface area (Å²) in [4.78, 5) is 2.39. The molecule has 0 amide bonds. The highest BCUT2D eigenvalue weighted by Gasteiger charge is 2.43. The normalized spacial score (nSPS) is 24.4. The zero-order valence-corrected chi connectivity index (χ0v) is 24.2. The van der Waals surface area contributed by atoms with Crippen molar-refractivity contribution in [3.63, 3.8) is 0 Å². The lowest BCUT2D eigenvalue weighted by Gasteiger charge is -2.46. The van der Waals surface area contributed by atoms with Crippen LogP contribution in [0.25, 0.3) is 0 Å². The van der Waals surface area contributed by atoms with E-state index in [1.807, 2.05) is 78.9 Å². The van der Waals surface area contributed by atoms with E-state index in [1.165, 1.54) is 0 Å². The lowest BCUT2D eigenvalue weighted by atomic mass is 9.81. The summed E-state index contributed by atoms with van der Waals surface area (Å²) >= 11 is 6.10. The summed E-state index contributed by atoms with van der Waals surface area (Å²) in [6.07, 6.45) is 0.159. The van der Waals surface area contributed by atoms with Gasteiger partial charge in [-0.15, -0.1) is 0 Å². The molecule has 0 spiro atoms. The number of anilines is 1. The standard InChI is InChI=1S/C35H37ClN2O4/c36-29-15-13-28(14-16-29)35(40)17-19-38(20-18-35)22-31-32(25-5-2-1-3-6-25)33(26-11-9-24(23-39)10-12-26)42-34(41-31)27-7-4-8-30(37)21-27/h1-16,21,31-34,39-40H,17-20,22-23,37H2. The van der Waals surface area contributed by atoms with Crippen LogP contribution in [0.5, 0.6) is 0 Å². The Labute approximate surface area is 252 Å². The van der Waals surface area contributed by atoms with Crippen LogP contribution in [-0.2, 0) is 21.7 Å². The van der Waals surface area contributed by atoms with Crippen LogP contribution in [0.2, 0.25) is 5.02 Å². The molecule has 0 bridgehead atoms. The van der Waals surface area contributed by atoms with Gasteiger partial charge in [-0.05, 0) is 59.4 Å². The number of hydrogen-bond acceptors (Lipinski definition) is 6. The molecule has 6 rings (SSSR count). The molecule has 2 fully saturated rings. The Morgan fingerprint density at radius 2 is 1.50 bits per heavy atom. The van der Waals surface area contributed by atoms with E-state index in [0.29, 0.717) is 30.1 Å². The Morgan fingerprint density at radius 1 is 0.810 bits per heavy atom. The van der Waals surface area contributed by atoms with Gasteiger partial charge in [0.2, 0.25) is 0 Å². The first-order valence-electron chi connectivity index (χ1n) is 14.5. The molecular formula is C35H37ClN2O4. The van der Waals surface area contributed by atoms with E-state index in [4.69, 9.17) is 26.8 Å². The van der Waals surface area contributed by atoms with Crippen LogP contribution in [0.3, 0.4) is 0 Å². The molecule has 0 saturated carbocycles. The Kier molecular flexibility index (Phi) is 8.63. The fourth-order valence-corrected chi connectivity index (χ4v) is 6.41. The summed E-state index contributed by atoms with van der Waals surface area (Å²) in [5.74, 6) is -0.0828. The third kappa shape index (κ3) is 6.25. The lowest BCUT2D eigenvalue weighted by Crippen LogP contribution is -2.49. The quantitative estimate of drug-likeness (QED) is 0.220. The molecule has 218 valence electrons. The Bertz CT molecular complexity index is 1460. The first kappa shape index (κ1) is 28.9. The molecule has 4 aromatic rings. The number of nitrogen functional groups attached to an aromatic ring is 1. The average molecular weight is 585 g/mol. The summed E-state index contributed by atoms with van der Waals surface area (Å²) in [5.41, 5.74) is 10.7. The predicted octanol–water partition coefficient (Wildman–Crippen LogP) is 6.34. The number of ether oxygens (including phenoxy) is 2. The molecule has 4 unspecified atom stereocenters. The Hall–Kier alpha value is -3.23. The Morgan fingerprint density at radius 3 is 2.17 bits per heavy atom. The number of hydrogen-bond donors (Lipinski definition) is 3. The van der Waals surface area contributed by atoms with Crippen LogP contribution in [0.15, 0.2) is 103 Å². The summed E-state index contributed by atoms with van der Waals surface area (Å²) < 4.78 is 13.6. The molecule has 42 heavy (non-hydrogen) atoms. The summed E-state index contributed by atoms with van der Waals surface area (Å²) in [6, 6.07) is 33.6. The van der Waals surface area contributed by atoms with Gasteiger partial charge in [-0.25, -0.2) is 0 Å². The molecule has 4 atom stereocenters. The van der Waals surface area contributed by atoms with Crippen LogP contribution >= 0.6 is 11.6 Å². The second kappa shape index (κ2) is 12.6. The van der Waals surface area contributed by atoms with Gasteiger partial charge in [-0.2, -0.15) is 0 Å². The lowest BCUT2D eigenvalue weighted by molar-refractivity contribution is -0.264. The van der Waals surface area contributed by atoms with E-state index in [2.05, 4.69) is 29.2 Å². The monoisotopic (exact) mass is 584 g/mol. The van der Waals surface area contributed by atoms with E-state index >= 15 is 0 Å². The second-order valence-corrected chi connectivity index (χ2v) is 11.8. The molecular weight excluding hydrogens is 548 g/mol. The summed E-state index contributed by atoms with van der Waals surface area (Å²) in [6.45, 7) is 2.15. The molecule has 7 heteroatoms. The van der Waals surface area contributed by atoms with Crippen LogP contribution in [0.1, 0.15) is 59.0 Å². The molecule has 4 N–H and O–H groups in total. The number of rotatable bonds is 7. The second-order valence-electron chi connectivity index (χ2n) is 11.4. The number of halogens is 1. The number of piperidine rings is 1. The van der Waals surface area contributed by atoms with E-state index in [9.17, 15) is 10.2 Å². The highest BCUT2D eigenvalue weighted by atomic mass is 35.5. The van der Waals surface area contributed by atoms with Gasteiger partial charge in [0, 0.05) is 41.8 Å². The van der Waals surface area contributed by atoms with Crippen LogP contribution in [0, 0.1) is 0 Å². The maximum atomic E-state index is 11.5. The largest absolute Gasteiger partial charge is 0.399 e. The number of nitrogens with two attached hydrogens (primary N) is 1. The first-order valence-corrected chi connectivity index (χ1v) is 14.9. The van der Waals surface area contributed by atoms with Gasteiger partial charge in [-0.1, -0.05) is 90.5 Å². The van der Waals surface area contributed by atoms with Crippen molar-refractivity contribution in [1.82, 2.24) is 4.90 Å². The molecule has 2 heterocycles. The van der Waals surface area contributed by atoms with Crippen LogP contribution in [0.4, 0.5) is 5.69 Å². The van der Waals surface area contributed by atoms with Crippen molar-refractivity contribution < 1.29 is 19.7 Å². The van der Waals surface area contributed by atoms with Gasteiger partial charge in [0.1, 0.15) is 0 Å². The van der Waals surface area contributed by atoms with Crippen LogP contribution < -0.4 is 5.73 Å². The predicted molar refractivity (Wildman–Crippen MR) is 165 cm³/mol. The van der Waals surface area contributed by atoms with Crippen molar-refractivity contribution in [3.05, 3.63) is 136 Å². The Balaban J connectivity index is 1.31. The first-order chi connectivity index (χ1) is 20.4. The molecule has 0 aliphatic carbocycles. The highest BCUT2D eigenvalue weighted by molar-refractivity contribution is 6.30. The SMILES string of the molecule is Nc1cccc(C2OC(CN3CCC(O)(c4ccc(Cl)cc4)CC3)C(c3ccccc3)C(c3ccc(CO)cc3)O2)c1. The van der Waals surface area contributed by atoms with E-state index in [1.54, 1.807) is 0 Å². The maximum Gasteiger partial charge on any atom is 0.185 e. The van der Waals surface area contributed by atoms with Crippen molar-refractivity contribution >= 4 is 17.3 Å². The van der Waals surface area contributed by atoms with Gasteiger partial charge < -0.3 is 30.3 Å². The number of nitrogens with zero attached hydrogens (tertiary/aromatic N) is 1. The smallest absolute Gasteiger partial charge is 0.185 e. The van der Waals surface area contributed by atoms with Crippen molar-refractivity contribution in [3.8, 4) is 0 Å². The zero-order valence-electron chi connectivity index (χ0n) is 23.5.